The van der Waals surface area contributed by atoms with Crippen molar-refractivity contribution in [1.29, 1.82) is 0 Å². The molecule has 3 rings (SSSR count). The van der Waals surface area contributed by atoms with E-state index in [0.717, 1.165) is 11.3 Å². The van der Waals surface area contributed by atoms with E-state index in [-0.39, 0.29) is 23.6 Å². The van der Waals surface area contributed by atoms with Crippen LogP contribution in [-0.2, 0) is 11.3 Å². The highest BCUT2D eigenvalue weighted by atomic mass is 79.9. The number of carbonyl (C=O) groups is 1. The van der Waals surface area contributed by atoms with Crippen LogP contribution in [0.25, 0.3) is 0 Å². The molecule has 1 aliphatic rings. The Morgan fingerprint density at radius 2 is 1.94 bits per heavy atom. The van der Waals surface area contributed by atoms with E-state index < -0.39 is 10.5 Å². The molecular formula is C24H32BrN5O5. The Morgan fingerprint density at radius 1 is 1.31 bits per heavy atom. The number of halogens is 1. The summed E-state index contributed by atoms with van der Waals surface area (Å²) in [7, 11) is 1.60. The normalized spacial score (nSPS) is 14.5. The van der Waals surface area contributed by atoms with Crippen molar-refractivity contribution in [2.75, 3.05) is 31.6 Å². The third kappa shape index (κ3) is 6.53. The van der Waals surface area contributed by atoms with Gasteiger partial charge in [-0.05, 0) is 67.2 Å². The van der Waals surface area contributed by atoms with E-state index in [1.54, 1.807) is 22.8 Å². The third-order valence-electron chi connectivity index (χ3n) is 5.68. The summed E-state index contributed by atoms with van der Waals surface area (Å²) in [4.78, 5) is 27.7. The molecule has 0 spiro atoms. The van der Waals surface area contributed by atoms with Gasteiger partial charge in [0.2, 0.25) is 5.82 Å². The van der Waals surface area contributed by atoms with Gasteiger partial charge in [0, 0.05) is 25.7 Å². The van der Waals surface area contributed by atoms with Gasteiger partial charge in [0.1, 0.15) is 11.4 Å². The lowest BCUT2D eigenvalue weighted by Crippen LogP contribution is -2.48. The lowest BCUT2D eigenvalue weighted by atomic mass is 10.0. The third-order valence-corrected chi connectivity index (χ3v) is 6.46. The summed E-state index contributed by atoms with van der Waals surface area (Å²) in [6, 6.07) is 7.43. The van der Waals surface area contributed by atoms with Crippen molar-refractivity contribution in [1.82, 2.24) is 14.7 Å². The molecule has 0 N–H and O–H groups in total. The average molecular weight is 550 g/mol. The first-order chi connectivity index (χ1) is 16.5. The van der Waals surface area contributed by atoms with Gasteiger partial charge in [-0.1, -0.05) is 18.2 Å². The molecule has 35 heavy (non-hydrogen) atoms. The summed E-state index contributed by atoms with van der Waals surface area (Å²) in [6.07, 6.45) is 2.63. The lowest BCUT2D eigenvalue weighted by Gasteiger charge is -2.38. The van der Waals surface area contributed by atoms with E-state index >= 15 is 0 Å². The van der Waals surface area contributed by atoms with Gasteiger partial charge < -0.3 is 19.3 Å². The monoisotopic (exact) mass is 549 g/mol. The van der Waals surface area contributed by atoms with Crippen LogP contribution in [0.3, 0.4) is 0 Å². The first kappa shape index (κ1) is 26.5. The van der Waals surface area contributed by atoms with Gasteiger partial charge in [0.05, 0.1) is 18.6 Å². The van der Waals surface area contributed by atoms with E-state index in [1.165, 1.54) is 0 Å². The quantitative estimate of drug-likeness (QED) is 0.259. The predicted octanol–water partition coefficient (Wildman–Crippen LogP) is 5.00. The summed E-state index contributed by atoms with van der Waals surface area (Å²) in [5, 5.41) is 16.7. The van der Waals surface area contributed by atoms with Crippen molar-refractivity contribution >= 4 is 33.5 Å². The molecule has 11 heteroatoms. The van der Waals surface area contributed by atoms with Gasteiger partial charge in [0.15, 0.2) is 4.60 Å². The number of ether oxygens (including phenoxy) is 2. The number of amides is 1. The molecule has 2 aromatic rings. The van der Waals surface area contributed by atoms with E-state index in [9.17, 15) is 14.9 Å². The molecule has 0 bridgehead atoms. The number of nitro groups is 1. The molecule has 190 valence electrons. The molecule has 0 unspecified atom stereocenters. The Hall–Kier alpha value is -3.08. The fourth-order valence-electron chi connectivity index (χ4n) is 4.01. The van der Waals surface area contributed by atoms with Gasteiger partial charge in [-0.2, -0.15) is 0 Å². The van der Waals surface area contributed by atoms with Crippen LogP contribution in [0, 0.1) is 10.1 Å². The summed E-state index contributed by atoms with van der Waals surface area (Å²) in [5.41, 5.74) is 0.276. The van der Waals surface area contributed by atoms with E-state index in [4.69, 9.17) is 9.47 Å². The van der Waals surface area contributed by atoms with Crippen LogP contribution in [0.4, 0.5) is 16.3 Å². The second-order valence-electron chi connectivity index (χ2n) is 9.37. The Morgan fingerprint density at radius 3 is 2.46 bits per heavy atom. The Balaban J connectivity index is 1.83. The highest BCUT2D eigenvalue weighted by molar-refractivity contribution is 9.10. The first-order valence-corrected chi connectivity index (χ1v) is 12.2. The summed E-state index contributed by atoms with van der Waals surface area (Å²) >= 11 is 3.40. The number of methoxy groups -OCH3 is 1. The van der Waals surface area contributed by atoms with Crippen molar-refractivity contribution in [3.05, 3.63) is 57.2 Å². The maximum Gasteiger partial charge on any atom is 0.410 e. The predicted molar refractivity (Wildman–Crippen MR) is 137 cm³/mol. The Kier molecular flexibility index (Phi) is 8.42. The lowest BCUT2D eigenvalue weighted by molar-refractivity contribution is -0.385. The van der Waals surface area contributed by atoms with Gasteiger partial charge in [-0.25, -0.2) is 9.48 Å². The van der Waals surface area contributed by atoms with E-state index in [1.807, 2.05) is 49.9 Å². The summed E-state index contributed by atoms with van der Waals surface area (Å²) in [6.45, 7) is 11.1. The molecule has 0 aliphatic carbocycles. The SMILES string of the molecule is C=CCN(c1nn(Cc2ccc(OC)cc2)c(Br)c1[N+](=O)[O-])C1CCN(C(=O)OC(C)(C)C)CC1. The molecule has 0 radical (unpaired) electrons. The fraction of sp³-hybridized carbons (Fsp3) is 0.500. The number of carbonyl (C=O) groups excluding carboxylic acids is 1. The molecule has 0 atom stereocenters. The fourth-order valence-corrected chi connectivity index (χ4v) is 4.54. The zero-order valence-electron chi connectivity index (χ0n) is 20.6. The molecule has 10 nitrogen and oxygen atoms in total. The topological polar surface area (TPSA) is 103 Å². The number of hydrogen-bond donors (Lipinski definition) is 0. The molecule has 1 aromatic carbocycles. The van der Waals surface area contributed by atoms with Crippen LogP contribution in [0.5, 0.6) is 5.75 Å². The number of anilines is 1. The zero-order valence-corrected chi connectivity index (χ0v) is 22.2. The van der Waals surface area contributed by atoms with Crippen LogP contribution >= 0.6 is 15.9 Å². The number of benzene rings is 1. The minimum Gasteiger partial charge on any atom is -0.497 e. The number of hydrogen-bond acceptors (Lipinski definition) is 7. The second kappa shape index (κ2) is 11.1. The van der Waals surface area contributed by atoms with Crippen molar-refractivity contribution in [3.8, 4) is 5.75 Å². The number of piperidine rings is 1. The van der Waals surface area contributed by atoms with Gasteiger partial charge in [-0.15, -0.1) is 11.7 Å². The zero-order chi connectivity index (χ0) is 25.8. The maximum absolute atomic E-state index is 12.4. The van der Waals surface area contributed by atoms with Crippen molar-refractivity contribution in [2.24, 2.45) is 0 Å². The maximum atomic E-state index is 12.4. The highest BCUT2D eigenvalue weighted by Gasteiger charge is 2.36. The van der Waals surface area contributed by atoms with Crippen LogP contribution in [0.15, 0.2) is 41.5 Å². The standard InChI is InChI=1S/C24H32BrN5O5/c1-6-13-28(18-11-14-27(15-12-18)23(31)35-24(2,3)4)22-20(30(32)33)21(25)29(26-22)16-17-7-9-19(34-5)10-8-17/h6-10,18H,1,11-16H2,2-5H3. The average Bonchev–Trinajstić information content (AvgIpc) is 3.12. The molecule has 1 aromatic heterocycles. The first-order valence-electron chi connectivity index (χ1n) is 11.4. The summed E-state index contributed by atoms with van der Waals surface area (Å²) < 4.78 is 12.6. The summed E-state index contributed by atoms with van der Waals surface area (Å²) in [5.74, 6) is 1.01. The second-order valence-corrected chi connectivity index (χ2v) is 10.1. The largest absolute Gasteiger partial charge is 0.497 e. The van der Waals surface area contributed by atoms with Crippen LogP contribution in [0.1, 0.15) is 39.2 Å². The molecular weight excluding hydrogens is 518 g/mol. The van der Waals surface area contributed by atoms with Crippen molar-refractivity contribution in [2.45, 2.75) is 51.8 Å². The van der Waals surface area contributed by atoms with Crippen molar-refractivity contribution in [3.63, 3.8) is 0 Å². The molecule has 1 saturated heterocycles. The molecule has 1 fully saturated rings. The number of nitrogens with zero attached hydrogens (tertiary/aromatic N) is 5. The van der Waals surface area contributed by atoms with E-state index in [2.05, 4.69) is 27.6 Å². The smallest absolute Gasteiger partial charge is 0.410 e. The highest BCUT2D eigenvalue weighted by Crippen LogP contribution is 2.38. The van der Waals surface area contributed by atoms with E-state index in [0.29, 0.717) is 43.6 Å². The molecule has 1 amide bonds. The van der Waals surface area contributed by atoms with Crippen molar-refractivity contribution < 1.29 is 19.2 Å². The number of likely N-dealkylation sites (tertiary alicyclic amines) is 1. The minimum atomic E-state index is -0.563. The molecule has 1 aliphatic heterocycles. The number of aromatic nitrogens is 2. The van der Waals surface area contributed by atoms with Crippen LogP contribution < -0.4 is 9.64 Å². The van der Waals surface area contributed by atoms with Crippen LogP contribution in [-0.4, -0.2) is 64.1 Å². The minimum absolute atomic E-state index is 0.0402. The van der Waals surface area contributed by atoms with Gasteiger partial charge >= 0.3 is 11.8 Å². The van der Waals surface area contributed by atoms with Gasteiger partial charge in [-0.3, -0.25) is 10.1 Å². The molecule has 2 heterocycles. The Labute approximate surface area is 213 Å². The number of rotatable bonds is 8. The Bertz CT molecular complexity index is 1060. The van der Waals surface area contributed by atoms with Gasteiger partial charge in [0.25, 0.3) is 0 Å². The van der Waals surface area contributed by atoms with Crippen LogP contribution in [0.2, 0.25) is 0 Å². The molecule has 0 saturated carbocycles.